The van der Waals surface area contributed by atoms with Gasteiger partial charge in [0.2, 0.25) is 0 Å². The van der Waals surface area contributed by atoms with Crippen LogP contribution in [-0.4, -0.2) is 76.1 Å². The third-order valence-corrected chi connectivity index (χ3v) is 6.45. The number of nitrogens with zero attached hydrogens (tertiary/aromatic N) is 5. The average molecular weight is 340 g/mol. The van der Waals surface area contributed by atoms with Crippen molar-refractivity contribution in [3.63, 3.8) is 0 Å². The van der Waals surface area contributed by atoms with Gasteiger partial charge in [-0.05, 0) is 18.9 Å². The number of nitrogens with one attached hydrogen (secondary N) is 1. The van der Waals surface area contributed by atoms with Gasteiger partial charge < -0.3 is 9.88 Å². The standard InChI is InChI=1S/C19H28N6/c1-2-4-15(5-3-1)23-8-10-24(11-9-23)16-12-25(13-16)19-17-6-7-20-18(17)21-14-22-19/h6-7,14-16H,1-5,8-13H2,(H,20,21,22). The summed E-state index contributed by atoms with van der Waals surface area (Å²) in [5.74, 6) is 1.09. The van der Waals surface area contributed by atoms with Crippen LogP contribution in [0.1, 0.15) is 32.1 Å². The Morgan fingerprint density at radius 2 is 1.60 bits per heavy atom. The van der Waals surface area contributed by atoms with E-state index in [2.05, 4.69) is 35.7 Å². The van der Waals surface area contributed by atoms with Crippen molar-refractivity contribution in [2.75, 3.05) is 44.2 Å². The van der Waals surface area contributed by atoms with Crippen molar-refractivity contribution in [1.29, 1.82) is 0 Å². The second kappa shape index (κ2) is 6.57. The summed E-state index contributed by atoms with van der Waals surface area (Å²) in [5.41, 5.74) is 0.939. The van der Waals surface area contributed by atoms with Gasteiger partial charge in [0, 0.05) is 57.5 Å². The van der Waals surface area contributed by atoms with E-state index in [0.717, 1.165) is 36.0 Å². The molecule has 2 aromatic heterocycles. The molecule has 4 heterocycles. The van der Waals surface area contributed by atoms with Gasteiger partial charge in [0.05, 0.1) is 5.39 Å². The first kappa shape index (κ1) is 15.6. The molecule has 2 saturated heterocycles. The van der Waals surface area contributed by atoms with Gasteiger partial charge in [-0.3, -0.25) is 9.80 Å². The molecule has 3 aliphatic rings. The summed E-state index contributed by atoms with van der Waals surface area (Å²) in [6.45, 7) is 7.19. The molecule has 3 fully saturated rings. The highest BCUT2D eigenvalue weighted by Gasteiger charge is 2.36. The van der Waals surface area contributed by atoms with Crippen molar-refractivity contribution in [3.8, 4) is 0 Å². The number of aromatic nitrogens is 3. The quantitative estimate of drug-likeness (QED) is 0.927. The Balaban J connectivity index is 1.16. The maximum Gasteiger partial charge on any atom is 0.142 e. The van der Waals surface area contributed by atoms with E-state index in [1.165, 1.54) is 58.3 Å². The van der Waals surface area contributed by atoms with Crippen molar-refractivity contribution < 1.29 is 0 Å². The number of aromatic amines is 1. The third kappa shape index (κ3) is 2.91. The topological polar surface area (TPSA) is 51.3 Å². The second-order valence-corrected chi connectivity index (χ2v) is 7.86. The molecule has 0 radical (unpaired) electrons. The summed E-state index contributed by atoms with van der Waals surface area (Å²) < 4.78 is 0. The minimum atomic E-state index is 0.692. The van der Waals surface area contributed by atoms with Crippen LogP contribution in [-0.2, 0) is 0 Å². The minimum Gasteiger partial charge on any atom is -0.353 e. The smallest absolute Gasteiger partial charge is 0.142 e. The zero-order valence-electron chi connectivity index (χ0n) is 14.9. The SMILES string of the molecule is c1nc(N2CC(N3CCN(C4CCCCC4)CC3)C2)c2cc[nH]c2n1. The molecule has 1 saturated carbocycles. The molecule has 1 N–H and O–H groups in total. The number of fused-ring (bicyclic) bond motifs is 1. The maximum atomic E-state index is 4.52. The summed E-state index contributed by atoms with van der Waals surface area (Å²) in [6.07, 6.45) is 10.8. The van der Waals surface area contributed by atoms with Crippen molar-refractivity contribution >= 4 is 16.9 Å². The van der Waals surface area contributed by atoms with E-state index in [9.17, 15) is 0 Å². The predicted molar refractivity (Wildman–Crippen MR) is 99.9 cm³/mol. The van der Waals surface area contributed by atoms with E-state index in [0.29, 0.717) is 6.04 Å². The van der Waals surface area contributed by atoms with Gasteiger partial charge in [0.15, 0.2) is 0 Å². The van der Waals surface area contributed by atoms with Crippen LogP contribution >= 0.6 is 0 Å². The molecule has 0 atom stereocenters. The molecule has 0 aromatic carbocycles. The summed E-state index contributed by atoms with van der Waals surface area (Å²) >= 11 is 0. The first-order valence-corrected chi connectivity index (χ1v) is 9.89. The summed E-state index contributed by atoms with van der Waals surface area (Å²) in [5, 5.41) is 1.14. The molecule has 6 heteroatoms. The molecular formula is C19H28N6. The lowest BCUT2D eigenvalue weighted by Gasteiger charge is -2.49. The molecule has 2 aliphatic heterocycles. The largest absolute Gasteiger partial charge is 0.353 e. The van der Waals surface area contributed by atoms with E-state index < -0.39 is 0 Å². The molecular weight excluding hydrogens is 312 g/mol. The fourth-order valence-electron chi connectivity index (χ4n) is 4.88. The minimum absolute atomic E-state index is 0.692. The fraction of sp³-hybridized carbons (Fsp3) is 0.684. The molecule has 134 valence electrons. The lowest BCUT2D eigenvalue weighted by Crippen LogP contribution is -2.64. The van der Waals surface area contributed by atoms with Crippen molar-refractivity contribution in [1.82, 2.24) is 24.8 Å². The number of anilines is 1. The van der Waals surface area contributed by atoms with Crippen molar-refractivity contribution in [3.05, 3.63) is 18.6 Å². The zero-order valence-corrected chi connectivity index (χ0v) is 14.9. The van der Waals surface area contributed by atoms with Gasteiger partial charge in [-0.2, -0.15) is 0 Å². The highest BCUT2D eigenvalue weighted by Crippen LogP contribution is 2.29. The van der Waals surface area contributed by atoms with E-state index in [-0.39, 0.29) is 0 Å². The van der Waals surface area contributed by atoms with E-state index in [1.54, 1.807) is 6.33 Å². The number of hydrogen-bond acceptors (Lipinski definition) is 5. The Morgan fingerprint density at radius 1 is 0.880 bits per heavy atom. The average Bonchev–Trinajstić information content (AvgIpc) is 3.11. The fourth-order valence-corrected chi connectivity index (χ4v) is 4.88. The monoisotopic (exact) mass is 340 g/mol. The molecule has 0 unspecified atom stereocenters. The lowest BCUT2D eigenvalue weighted by molar-refractivity contribution is 0.0487. The zero-order chi connectivity index (χ0) is 16.6. The molecule has 1 aliphatic carbocycles. The molecule has 0 amide bonds. The Bertz CT molecular complexity index is 708. The summed E-state index contributed by atoms with van der Waals surface area (Å²) in [7, 11) is 0. The number of piperazine rings is 1. The Hall–Kier alpha value is -1.66. The van der Waals surface area contributed by atoms with Gasteiger partial charge in [-0.25, -0.2) is 9.97 Å². The summed E-state index contributed by atoms with van der Waals surface area (Å²) in [4.78, 5) is 19.9. The van der Waals surface area contributed by atoms with Crippen LogP contribution in [0.4, 0.5) is 5.82 Å². The highest BCUT2D eigenvalue weighted by molar-refractivity contribution is 5.87. The normalized spacial score (nSPS) is 24.7. The van der Waals surface area contributed by atoms with Crippen LogP contribution in [0.25, 0.3) is 11.0 Å². The highest BCUT2D eigenvalue weighted by atomic mass is 15.4. The van der Waals surface area contributed by atoms with Crippen LogP contribution in [0.3, 0.4) is 0 Å². The van der Waals surface area contributed by atoms with E-state index in [1.807, 2.05) is 6.20 Å². The third-order valence-electron chi connectivity index (χ3n) is 6.45. The molecule has 6 nitrogen and oxygen atoms in total. The van der Waals surface area contributed by atoms with E-state index >= 15 is 0 Å². The lowest BCUT2D eigenvalue weighted by atomic mass is 9.93. The Labute approximate surface area is 149 Å². The Kier molecular flexibility index (Phi) is 4.10. The molecule has 0 spiro atoms. The maximum absolute atomic E-state index is 4.52. The van der Waals surface area contributed by atoms with Gasteiger partial charge >= 0.3 is 0 Å². The van der Waals surface area contributed by atoms with Gasteiger partial charge in [0.25, 0.3) is 0 Å². The first-order valence-electron chi connectivity index (χ1n) is 9.89. The molecule has 25 heavy (non-hydrogen) atoms. The van der Waals surface area contributed by atoms with Crippen LogP contribution in [0.5, 0.6) is 0 Å². The summed E-state index contributed by atoms with van der Waals surface area (Å²) in [6, 6.07) is 3.65. The van der Waals surface area contributed by atoms with Crippen LogP contribution in [0, 0.1) is 0 Å². The molecule has 5 rings (SSSR count). The number of rotatable bonds is 3. The second-order valence-electron chi connectivity index (χ2n) is 7.86. The first-order chi connectivity index (χ1) is 12.4. The van der Waals surface area contributed by atoms with Gasteiger partial charge in [-0.1, -0.05) is 19.3 Å². The van der Waals surface area contributed by atoms with Crippen molar-refractivity contribution in [2.45, 2.75) is 44.2 Å². The molecule has 0 bridgehead atoms. The van der Waals surface area contributed by atoms with Crippen LogP contribution < -0.4 is 4.90 Å². The number of H-pyrrole nitrogens is 1. The van der Waals surface area contributed by atoms with Crippen molar-refractivity contribution in [2.24, 2.45) is 0 Å². The van der Waals surface area contributed by atoms with Crippen LogP contribution in [0.2, 0.25) is 0 Å². The molecule has 2 aromatic rings. The van der Waals surface area contributed by atoms with E-state index in [4.69, 9.17) is 0 Å². The predicted octanol–water partition coefficient (Wildman–Crippen LogP) is 2.10. The van der Waals surface area contributed by atoms with Gasteiger partial charge in [-0.15, -0.1) is 0 Å². The van der Waals surface area contributed by atoms with Gasteiger partial charge in [0.1, 0.15) is 17.8 Å². The van der Waals surface area contributed by atoms with Crippen LogP contribution in [0.15, 0.2) is 18.6 Å². The Morgan fingerprint density at radius 3 is 2.36 bits per heavy atom. The number of hydrogen-bond donors (Lipinski definition) is 1.